The Bertz CT molecular complexity index is 1690. The summed E-state index contributed by atoms with van der Waals surface area (Å²) in [5.41, 5.74) is 9.67. The Morgan fingerprint density at radius 2 is 1.53 bits per heavy atom. The highest BCUT2D eigenvalue weighted by molar-refractivity contribution is 6.47. The van der Waals surface area contributed by atoms with Crippen molar-refractivity contribution in [2.24, 2.45) is 23.0 Å². The van der Waals surface area contributed by atoms with Gasteiger partial charge >= 0.3 is 7.12 Å². The van der Waals surface area contributed by atoms with Gasteiger partial charge in [-0.15, -0.1) is 0 Å². The van der Waals surface area contributed by atoms with E-state index in [-0.39, 0.29) is 18.1 Å². The van der Waals surface area contributed by atoms with E-state index in [1.807, 2.05) is 31.2 Å². The number of unbranched alkanes of at least 4 members (excludes halogenated alkanes) is 2. The first kappa shape index (κ1) is 44.1. The van der Waals surface area contributed by atoms with Gasteiger partial charge in [0.15, 0.2) is 0 Å². The third-order valence-electron chi connectivity index (χ3n) is 12.6. The largest absolute Gasteiger partial charge is 0.481 e. The van der Waals surface area contributed by atoms with Crippen LogP contribution < -0.4 is 32.3 Å². The standard InChI is InChI=1S/C43H65BN6O7/c1-8-9-12-29-14-16-30(17-15-29)31-18-20-33(21-19-31)46-25-37(52)50-38(27(3)51)41(55)47-26(2)39(53)49-34(13-10-11-22-45)40(54)48-28(4)44-56-36-24-32-23-35(42(32,5)6)43(36,7)57-44/h14-21,26-28,32,34-36,38,46,51H,8-13,22-25,45H2,1-7H3,(H,47,55)(H,48,54)(H,49,53)(H,50,52)/t26-,27?,28-,32?,34?,35?,36?,38?,43-/m0/s1. The fourth-order valence-corrected chi connectivity index (χ4v) is 8.77. The molecule has 14 heteroatoms. The van der Waals surface area contributed by atoms with Crippen LogP contribution in [-0.2, 0) is 34.9 Å². The number of rotatable bonds is 20. The number of carbonyl (C=O) groups excluding carboxylic acids is 4. The summed E-state index contributed by atoms with van der Waals surface area (Å²) in [6, 6.07) is 12.9. The van der Waals surface area contributed by atoms with Gasteiger partial charge in [-0.1, -0.05) is 63.6 Å². The minimum absolute atomic E-state index is 0.0313. The first-order chi connectivity index (χ1) is 27.1. The Morgan fingerprint density at radius 3 is 2.14 bits per heavy atom. The third kappa shape index (κ3) is 10.6. The maximum absolute atomic E-state index is 13.6. The van der Waals surface area contributed by atoms with Crippen LogP contribution in [0.5, 0.6) is 0 Å². The van der Waals surface area contributed by atoms with Crippen molar-refractivity contribution in [3.8, 4) is 11.1 Å². The zero-order valence-electron chi connectivity index (χ0n) is 34.9. The van der Waals surface area contributed by atoms with E-state index in [0.717, 1.165) is 43.2 Å². The minimum atomic E-state index is -1.32. The molecular formula is C43H65BN6O7. The van der Waals surface area contributed by atoms with Gasteiger partial charge < -0.3 is 46.7 Å². The van der Waals surface area contributed by atoms with E-state index in [0.29, 0.717) is 43.3 Å². The van der Waals surface area contributed by atoms with Crippen LogP contribution in [0, 0.1) is 17.3 Å². The number of aryl methyl sites for hydroxylation is 1. The number of hydrogen-bond donors (Lipinski definition) is 7. The molecule has 2 aromatic carbocycles. The van der Waals surface area contributed by atoms with Crippen molar-refractivity contribution < 1.29 is 33.6 Å². The van der Waals surface area contributed by atoms with Gasteiger partial charge in [-0.3, -0.25) is 19.2 Å². The Morgan fingerprint density at radius 1 is 0.860 bits per heavy atom. The molecule has 3 aliphatic carbocycles. The van der Waals surface area contributed by atoms with Gasteiger partial charge in [0.1, 0.15) is 18.1 Å². The lowest BCUT2D eigenvalue weighted by Crippen LogP contribution is -2.65. The highest BCUT2D eigenvalue weighted by Crippen LogP contribution is 2.65. The zero-order chi connectivity index (χ0) is 41.5. The maximum atomic E-state index is 13.6. The van der Waals surface area contributed by atoms with Crippen molar-refractivity contribution in [1.29, 1.82) is 0 Å². The SMILES string of the molecule is CCCCc1ccc(-c2ccc(NCC(=O)NC(C(=O)N[C@@H](C)C(=O)NC(CCCCN)C(=O)N[C@@H](C)B3OC4CC5CC(C5(C)C)[C@]4(C)O3)C(C)O)cc2)cc1. The number of amides is 4. The first-order valence-corrected chi connectivity index (χ1v) is 20.9. The summed E-state index contributed by atoms with van der Waals surface area (Å²) in [6.07, 6.45) is 5.75. The Kier molecular flexibility index (Phi) is 14.9. The quantitative estimate of drug-likeness (QED) is 0.0771. The number of aliphatic hydroxyl groups is 1. The Hall–Kier alpha value is -3.98. The van der Waals surface area contributed by atoms with Crippen LogP contribution in [0.1, 0.15) is 99.0 Å². The van der Waals surface area contributed by atoms with Gasteiger partial charge in [-0.25, -0.2) is 0 Å². The molecule has 0 spiro atoms. The molecule has 57 heavy (non-hydrogen) atoms. The maximum Gasteiger partial charge on any atom is 0.481 e. The lowest BCUT2D eigenvalue weighted by Gasteiger charge is -2.64. The predicted octanol–water partition coefficient (Wildman–Crippen LogP) is 3.86. The summed E-state index contributed by atoms with van der Waals surface area (Å²) in [7, 11) is -0.621. The molecule has 13 nitrogen and oxygen atoms in total. The summed E-state index contributed by atoms with van der Waals surface area (Å²) in [4.78, 5) is 53.2. The molecule has 2 aromatic rings. The fourth-order valence-electron chi connectivity index (χ4n) is 8.77. The number of hydrogen-bond acceptors (Lipinski definition) is 9. The van der Waals surface area contributed by atoms with Crippen molar-refractivity contribution >= 4 is 36.4 Å². The second-order valence-corrected chi connectivity index (χ2v) is 17.2. The van der Waals surface area contributed by atoms with Crippen LogP contribution in [0.3, 0.4) is 0 Å². The molecule has 1 aliphatic heterocycles. The summed E-state index contributed by atoms with van der Waals surface area (Å²) >= 11 is 0. The van der Waals surface area contributed by atoms with E-state index in [2.05, 4.69) is 78.5 Å². The molecule has 8 N–H and O–H groups in total. The van der Waals surface area contributed by atoms with Crippen molar-refractivity contribution in [3.05, 3.63) is 54.1 Å². The molecule has 1 saturated heterocycles. The Labute approximate surface area is 338 Å². The minimum Gasteiger partial charge on any atom is -0.404 e. The Balaban J connectivity index is 1.10. The summed E-state index contributed by atoms with van der Waals surface area (Å²) in [6.45, 7) is 13.9. The van der Waals surface area contributed by atoms with Gasteiger partial charge in [-0.2, -0.15) is 0 Å². The third-order valence-corrected chi connectivity index (χ3v) is 12.6. The number of aliphatic hydroxyl groups excluding tert-OH is 1. The monoisotopic (exact) mass is 789 g/mol. The first-order valence-electron chi connectivity index (χ1n) is 20.9. The van der Waals surface area contributed by atoms with Crippen LogP contribution in [0.2, 0.25) is 0 Å². The van der Waals surface area contributed by atoms with Gasteiger partial charge in [0.05, 0.1) is 30.3 Å². The van der Waals surface area contributed by atoms with Crippen LogP contribution in [0.25, 0.3) is 11.1 Å². The van der Waals surface area contributed by atoms with Gasteiger partial charge in [0, 0.05) is 5.69 Å². The molecule has 6 rings (SSSR count). The second-order valence-electron chi connectivity index (χ2n) is 17.2. The average molecular weight is 789 g/mol. The molecule has 4 aliphatic rings. The smallest absolute Gasteiger partial charge is 0.404 e. The predicted molar refractivity (Wildman–Crippen MR) is 223 cm³/mol. The van der Waals surface area contributed by atoms with E-state index < -0.39 is 66.5 Å². The van der Waals surface area contributed by atoms with Crippen molar-refractivity contribution in [1.82, 2.24) is 21.3 Å². The van der Waals surface area contributed by atoms with Crippen LogP contribution in [0.4, 0.5) is 5.69 Å². The highest BCUT2D eigenvalue weighted by atomic mass is 16.7. The van der Waals surface area contributed by atoms with Gasteiger partial charge in [-0.05, 0) is 125 Å². The van der Waals surface area contributed by atoms with Crippen molar-refractivity contribution in [3.63, 3.8) is 0 Å². The molecule has 0 aromatic heterocycles. The molecule has 4 fully saturated rings. The van der Waals surface area contributed by atoms with Gasteiger partial charge in [0.2, 0.25) is 23.6 Å². The van der Waals surface area contributed by atoms with Crippen LogP contribution in [-0.4, -0.2) is 90.8 Å². The van der Waals surface area contributed by atoms with Crippen molar-refractivity contribution in [2.75, 3.05) is 18.4 Å². The molecule has 2 bridgehead atoms. The zero-order valence-corrected chi connectivity index (χ0v) is 34.9. The number of benzene rings is 2. The van der Waals surface area contributed by atoms with Crippen molar-refractivity contribution in [2.45, 2.75) is 142 Å². The number of nitrogens with two attached hydrogens (primary N) is 1. The number of anilines is 1. The average Bonchev–Trinajstić information content (AvgIpc) is 3.55. The number of carbonyl (C=O) groups is 4. The number of nitrogens with one attached hydrogen (secondary N) is 5. The molecule has 312 valence electrons. The topological polar surface area (TPSA) is 193 Å². The molecule has 4 amide bonds. The van der Waals surface area contributed by atoms with E-state index >= 15 is 0 Å². The van der Waals surface area contributed by atoms with E-state index in [1.54, 1.807) is 0 Å². The normalized spacial score (nSPS) is 24.4. The van der Waals surface area contributed by atoms with E-state index in [9.17, 15) is 24.3 Å². The van der Waals surface area contributed by atoms with Gasteiger partial charge in [0.25, 0.3) is 0 Å². The highest BCUT2D eigenvalue weighted by Gasteiger charge is 2.68. The molecular weight excluding hydrogens is 723 g/mol. The molecule has 6 unspecified atom stereocenters. The molecule has 0 radical (unpaired) electrons. The lowest BCUT2D eigenvalue weighted by molar-refractivity contribution is -0.199. The van der Waals surface area contributed by atoms with Crippen LogP contribution in [0.15, 0.2) is 48.5 Å². The summed E-state index contributed by atoms with van der Waals surface area (Å²) < 4.78 is 12.9. The summed E-state index contributed by atoms with van der Waals surface area (Å²) in [5.74, 6) is -1.74. The van der Waals surface area contributed by atoms with E-state index in [4.69, 9.17) is 15.0 Å². The molecule has 3 saturated carbocycles. The second kappa shape index (κ2) is 19.2. The molecule has 9 atom stereocenters. The fraction of sp³-hybridized carbons (Fsp3) is 0.628. The lowest BCUT2D eigenvalue weighted by atomic mass is 9.43. The molecule has 1 heterocycles. The summed E-state index contributed by atoms with van der Waals surface area (Å²) in [5, 5.41) is 24.4. The van der Waals surface area contributed by atoms with E-state index in [1.165, 1.54) is 19.4 Å². The van der Waals surface area contributed by atoms with Crippen LogP contribution >= 0.6 is 0 Å².